The molecular formula is C12H26N2. The molecule has 84 valence electrons. The van der Waals surface area contributed by atoms with E-state index in [4.69, 9.17) is 5.73 Å². The topological polar surface area (TPSA) is 38.0 Å². The van der Waals surface area contributed by atoms with Crippen LogP contribution in [0.4, 0.5) is 0 Å². The van der Waals surface area contributed by atoms with Gasteiger partial charge < -0.3 is 11.1 Å². The van der Waals surface area contributed by atoms with Crippen LogP contribution >= 0.6 is 0 Å². The van der Waals surface area contributed by atoms with Gasteiger partial charge in [-0.05, 0) is 58.4 Å². The molecule has 14 heavy (non-hydrogen) atoms. The molecule has 0 saturated heterocycles. The van der Waals surface area contributed by atoms with Crippen LogP contribution < -0.4 is 11.1 Å². The molecule has 1 aliphatic carbocycles. The highest BCUT2D eigenvalue weighted by atomic mass is 15.0. The van der Waals surface area contributed by atoms with Gasteiger partial charge in [0.2, 0.25) is 0 Å². The van der Waals surface area contributed by atoms with Gasteiger partial charge in [0.1, 0.15) is 0 Å². The molecule has 0 radical (unpaired) electrons. The number of hydrogen-bond donors (Lipinski definition) is 2. The van der Waals surface area contributed by atoms with Gasteiger partial charge in [-0.1, -0.05) is 6.92 Å². The molecule has 1 fully saturated rings. The fraction of sp³-hybridized carbons (Fsp3) is 1.00. The van der Waals surface area contributed by atoms with Crippen LogP contribution in [0.5, 0.6) is 0 Å². The summed E-state index contributed by atoms with van der Waals surface area (Å²) in [6, 6.07) is 0.703. The predicted molar refractivity (Wildman–Crippen MR) is 62.3 cm³/mol. The minimum atomic E-state index is 0.251. The quantitative estimate of drug-likeness (QED) is 0.714. The molecule has 3 N–H and O–H groups in total. The van der Waals surface area contributed by atoms with Crippen LogP contribution in [0.3, 0.4) is 0 Å². The summed E-state index contributed by atoms with van der Waals surface area (Å²) in [5.74, 6) is 0. The lowest BCUT2D eigenvalue weighted by Crippen LogP contribution is -2.47. The van der Waals surface area contributed by atoms with E-state index in [-0.39, 0.29) is 5.54 Å². The van der Waals surface area contributed by atoms with Crippen LogP contribution in [0.15, 0.2) is 0 Å². The molecule has 0 bridgehead atoms. The molecule has 0 amide bonds. The maximum absolute atomic E-state index is 5.79. The number of hydrogen-bond acceptors (Lipinski definition) is 2. The van der Waals surface area contributed by atoms with Crippen LogP contribution in [0.25, 0.3) is 0 Å². The van der Waals surface area contributed by atoms with Gasteiger partial charge >= 0.3 is 0 Å². The zero-order chi connectivity index (χ0) is 10.8. The van der Waals surface area contributed by atoms with Crippen molar-refractivity contribution in [2.24, 2.45) is 11.1 Å². The van der Waals surface area contributed by atoms with E-state index in [1.165, 1.54) is 25.7 Å². The Bertz CT molecular complexity index is 173. The van der Waals surface area contributed by atoms with Gasteiger partial charge in [0.25, 0.3) is 0 Å². The minimum Gasteiger partial charge on any atom is -0.330 e. The Kier molecular flexibility index (Phi) is 3.59. The van der Waals surface area contributed by atoms with Crippen LogP contribution in [-0.4, -0.2) is 18.1 Å². The maximum atomic E-state index is 5.79. The Labute approximate surface area is 88.6 Å². The third kappa shape index (κ3) is 3.58. The number of nitrogens with one attached hydrogen (secondary N) is 1. The Balaban J connectivity index is 2.36. The third-order valence-corrected chi connectivity index (χ3v) is 3.32. The molecule has 0 aromatic heterocycles. The zero-order valence-corrected chi connectivity index (χ0v) is 10.2. The zero-order valence-electron chi connectivity index (χ0n) is 10.2. The molecular weight excluding hydrogens is 172 g/mol. The minimum absolute atomic E-state index is 0.251. The van der Waals surface area contributed by atoms with Gasteiger partial charge in [-0.2, -0.15) is 0 Å². The molecule has 1 saturated carbocycles. The standard InChI is InChI=1S/C12H26N2/c1-11(2,3)14-10-5-7-12(4,9-13)8-6-10/h10,14H,5-9,13H2,1-4H3. The average molecular weight is 198 g/mol. The smallest absolute Gasteiger partial charge is 0.00990 e. The van der Waals surface area contributed by atoms with E-state index in [0.717, 1.165) is 6.54 Å². The van der Waals surface area contributed by atoms with Crippen LogP contribution in [0.2, 0.25) is 0 Å². The molecule has 0 aromatic carbocycles. The Morgan fingerprint density at radius 1 is 1.29 bits per heavy atom. The molecule has 1 aliphatic rings. The second-order valence-electron chi connectivity index (χ2n) is 6.18. The lowest BCUT2D eigenvalue weighted by molar-refractivity contribution is 0.175. The Hall–Kier alpha value is -0.0800. The highest BCUT2D eigenvalue weighted by Gasteiger charge is 2.30. The van der Waals surface area contributed by atoms with Crippen molar-refractivity contribution in [3.63, 3.8) is 0 Å². The van der Waals surface area contributed by atoms with Gasteiger partial charge in [0.05, 0.1) is 0 Å². The fourth-order valence-electron chi connectivity index (χ4n) is 2.28. The second kappa shape index (κ2) is 4.19. The van der Waals surface area contributed by atoms with Crippen molar-refractivity contribution in [3.8, 4) is 0 Å². The largest absolute Gasteiger partial charge is 0.330 e. The first kappa shape index (κ1) is 12.0. The lowest BCUT2D eigenvalue weighted by atomic mass is 9.74. The second-order valence-corrected chi connectivity index (χ2v) is 6.18. The van der Waals surface area contributed by atoms with Crippen molar-refractivity contribution in [1.82, 2.24) is 5.32 Å². The Morgan fingerprint density at radius 2 is 1.79 bits per heavy atom. The molecule has 0 atom stereocenters. The first-order valence-corrected chi connectivity index (χ1v) is 5.82. The summed E-state index contributed by atoms with van der Waals surface area (Å²) in [5.41, 5.74) is 6.45. The summed E-state index contributed by atoms with van der Waals surface area (Å²) < 4.78 is 0. The average Bonchev–Trinajstić information content (AvgIpc) is 2.07. The monoisotopic (exact) mass is 198 g/mol. The first-order valence-electron chi connectivity index (χ1n) is 5.82. The molecule has 0 aliphatic heterocycles. The fourth-order valence-corrected chi connectivity index (χ4v) is 2.28. The van der Waals surface area contributed by atoms with Crippen molar-refractivity contribution < 1.29 is 0 Å². The van der Waals surface area contributed by atoms with E-state index in [1.54, 1.807) is 0 Å². The van der Waals surface area contributed by atoms with Gasteiger partial charge in [0.15, 0.2) is 0 Å². The third-order valence-electron chi connectivity index (χ3n) is 3.32. The highest BCUT2D eigenvalue weighted by molar-refractivity contribution is 4.88. The molecule has 0 unspecified atom stereocenters. The molecule has 0 aromatic rings. The van der Waals surface area contributed by atoms with E-state index in [9.17, 15) is 0 Å². The normalized spacial score (nSPS) is 34.5. The van der Waals surface area contributed by atoms with Gasteiger partial charge in [-0.3, -0.25) is 0 Å². The summed E-state index contributed by atoms with van der Waals surface area (Å²) in [7, 11) is 0. The van der Waals surface area contributed by atoms with Crippen LogP contribution in [0, 0.1) is 5.41 Å². The van der Waals surface area contributed by atoms with Crippen LogP contribution in [-0.2, 0) is 0 Å². The van der Waals surface area contributed by atoms with E-state index in [2.05, 4.69) is 33.0 Å². The number of nitrogens with two attached hydrogens (primary N) is 1. The van der Waals surface area contributed by atoms with Crippen molar-refractivity contribution in [2.75, 3.05) is 6.54 Å². The summed E-state index contributed by atoms with van der Waals surface area (Å²) in [4.78, 5) is 0. The van der Waals surface area contributed by atoms with Crippen LogP contribution in [0.1, 0.15) is 53.4 Å². The van der Waals surface area contributed by atoms with E-state index >= 15 is 0 Å². The molecule has 2 nitrogen and oxygen atoms in total. The van der Waals surface area contributed by atoms with Crippen molar-refractivity contribution in [1.29, 1.82) is 0 Å². The lowest BCUT2D eigenvalue weighted by Gasteiger charge is -2.39. The van der Waals surface area contributed by atoms with E-state index < -0.39 is 0 Å². The molecule has 1 rings (SSSR count). The van der Waals surface area contributed by atoms with E-state index in [0.29, 0.717) is 11.5 Å². The van der Waals surface area contributed by atoms with Crippen molar-refractivity contribution >= 4 is 0 Å². The van der Waals surface area contributed by atoms with Gasteiger partial charge in [-0.25, -0.2) is 0 Å². The van der Waals surface area contributed by atoms with E-state index in [1.807, 2.05) is 0 Å². The first-order chi connectivity index (χ1) is 6.35. The predicted octanol–water partition coefficient (Wildman–Crippen LogP) is 2.28. The molecule has 0 heterocycles. The maximum Gasteiger partial charge on any atom is 0.00990 e. The molecule has 2 heteroatoms. The summed E-state index contributed by atoms with van der Waals surface area (Å²) in [6.07, 6.45) is 5.12. The summed E-state index contributed by atoms with van der Waals surface area (Å²) in [6.45, 7) is 9.88. The van der Waals surface area contributed by atoms with Gasteiger partial charge in [-0.15, -0.1) is 0 Å². The highest BCUT2D eigenvalue weighted by Crippen LogP contribution is 2.35. The van der Waals surface area contributed by atoms with Crippen molar-refractivity contribution in [2.45, 2.75) is 65.0 Å². The van der Waals surface area contributed by atoms with Crippen molar-refractivity contribution in [3.05, 3.63) is 0 Å². The Morgan fingerprint density at radius 3 is 2.14 bits per heavy atom. The SMILES string of the molecule is CC1(CN)CCC(NC(C)(C)C)CC1. The summed E-state index contributed by atoms with van der Waals surface area (Å²) in [5, 5.41) is 3.68. The number of rotatable bonds is 2. The summed E-state index contributed by atoms with van der Waals surface area (Å²) >= 11 is 0. The van der Waals surface area contributed by atoms with Gasteiger partial charge in [0, 0.05) is 11.6 Å². The molecule has 0 spiro atoms.